The molecule has 6 aromatic rings. The molecule has 39 heavy (non-hydrogen) atoms. The number of aliphatic imine (C=N–C) groups is 1. The molecule has 2 heterocycles. The third-order valence-electron chi connectivity index (χ3n) is 7.04. The molecule has 1 aromatic heterocycles. The van der Waals surface area contributed by atoms with Crippen molar-refractivity contribution in [2.45, 2.75) is 6.04 Å². The summed E-state index contributed by atoms with van der Waals surface area (Å²) in [6.45, 7) is 0. The standard InChI is InChI=1S/C35H24N4/c1-3-11-26(12-4-1)33-37-34(27-13-5-2-6-14-27)39-35(38-33)28-19-17-25(18-20-28)32-29-15-8-7-10-24(29)21-22-30(32)31-16-9-23-36-31/h1-23,31H. The number of nitrogens with zero attached hydrogens (tertiary/aromatic N) is 4. The number of rotatable bonds is 5. The lowest BCUT2D eigenvalue weighted by molar-refractivity contribution is 0.940. The third-order valence-corrected chi connectivity index (χ3v) is 7.04. The van der Waals surface area contributed by atoms with E-state index < -0.39 is 0 Å². The summed E-state index contributed by atoms with van der Waals surface area (Å²) >= 11 is 0. The average Bonchev–Trinajstić information content (AvgIpc) is 3.56. The molecule has 0 fully saturated rings. The van der Waals surface area contributed by atoms with Gasteiger partial charge in [-0.3, -0.25) is 4.99 Å². The lowest BCUT2D eigenvalue weighted by Gasteiger charge is -2.16. The van der Waals surface area contributed by atoms with Crippen LogP contribution in [0.4, 0.5) is 0 Å². The molecule has 7 rings (SSSR count). The summed E-state index contributed by atoms with van der Waals surface area (Å²) in [5.41, 5.74) is 6.40. The number of benzene rings is 5. The van der Waals surface area contributed by atoms with Gasteiger partial charge in [0.15, 0.2) is 17.5 Å². The van der Waals surface area contributed by atoms with Gasteiger partial charge in [0, 0.05) is 22.9 Å². The molecular formula is C35H24N4. The van der Waals surface area contributed by atoms with Crippen molar-refractivity contribution < 1.29 is 0 Å². The lowest BCUT2D eigenvalue weighted by Crippen LogP contribution is -2.00. The van der Waals surface area contributed by atoms with Crippen LogP contribution >= 0.6 is 0 Å². The Morgan fingerprint density at radius 2 is 1.00 bits per heavy atom. The second-order valence-corrected chi connectivity index (χ2v) is 9.49. The lowest BCUT2D eigenvalue weighted by atomic mass is 9.89. The normalized spacial score (nSPS) is 14.2. The van der Waals surface area contributed by atoms with E-state index in [1.54, 1.807) is 0 Å². The maximum Gasteiger partial charge on any atom is 0.164 e. The quantitative estimate of drug-likeness (QED) is 0.239. The minimum Gasteiger partial charge on any atom is -0.281 e. The van der Waals surface area contributed by atoms with Gasteiger partial charge in [0.2, 0.25) is 0 Å². The Morgan fingerprint density at radius 1 is 0.462 bits per heavy atom. The van der Waals surface area contributed by atoms with Crippen molar-refractivity contribution in [1.82, 2.24) is 15.0 Å². The minimum atomic E-state index is 0.0228. The zero-order valence-corrected chi connectivity index (χ0v) is 21.1. The van der Waals surface area contributed by atoms with Crippen LogP contribution in [0.15, 0.2) is 138 Å². The second-order valence-electron chi connectivity index (χ2n) is 9.49. The highest BCUT2D eigenvalue weighted by atomic mass is 15.0. The number of hydrogen-bond acceptors (Lipinski definition) is 4. The van der Waals surface area contributed by atoms with Crippen LogP contribution in [0, 0.1) is 0 Å². The number of fused-ring (bicyclic) bond motifs is 1. The predicted octanol–water partition coefficient (Wildman–Crippen LogP) is 8.37. The first-order valence-corrected chi connectivity index (χ1v) is 13.0. The van der Waals surface area contributed by atoms with E-state index in [-0.39, 0.29) is 6.04 Å². The molecule has 0 bridgehead atoms. The summed E-state index contributed by atoms with van der Waals surface area (Å²) in [6, 6.07) is 41.6. The SMILES string of the molecule is C1=CC(c2ccc3ccccc3c2-c2ccc(-c3nc(-c4ccccc4)nc(-c4ccccc4)n3)cc2)N=C1. The zero-order chi connectivity index (χ0) is 26.0. The Morgan fingerprint density at radius 3 is 1.59 bits per heavy atom. The monoisotopic (exact) mass is 500 g/mol. The smallest absolute Gasteiger partial charge is 0.164 e. The van der Waals surface area contributed by atoms with E-state index in [9.17, 15) is 0 Å². The summed E-state index contributed by atoms with van der Waals surface area (Å²) in [7, 11) is 0. The second kappa shape index (κ2) is 9.92. The molecule has 5 aromatic carbocycles. The molecule has 4 nitrogen and oxygen atoms in total. The third kappa shape index (κ3) is 4.42. The maximum absolute atomic E-state index is 4.88. The summed E-state index contributed by atoms with van der Waals surface area (Å²) in [5.74, 6) is 1.97. The molecule has 0 saturated carbocycles. The molecule has 0 radical (unpaired) electrons. The minimum absolute atomic E-state index is 0.0228. The van der Waals surface area contributed by atoms with Gasteiger partial charge in [0.1, 0.15) is 0 Å². The van der Waals surface area contributed by atoms with Gasteiger partial charge in [-0.15, -0.1) is 0 Å². The average molecular weight is 501 g/mol. The van der Waals surface area contributed by atoms with E-state index in [0.29, 0.717) is 17.5 Å². The summed E-state index contributed by atoms with van der Waals surface area (Å²) in [4.78, 5) is 19.3. The Hall–Kier alpha value is -5.22. The van der Waals surface area contributed by atoms with E-state index in [4.69, 9.17) is 15.0 Å². The fraction of sp³-hybridized carbons (Fsp3) is 0.0286. The molecule has 0 amide bonds. The van der Waals surface area contributed by atoms with Crippen molar-refractivity contribution in [3.8, 4) is 45.3 Å². The first kappa shape index (κ1) is 22.9. The van der Waals surface area contributed by atoms with Gasteiger partial charge in [-0.1, -0.05) is 127 Å². The predicted molar refractivity (Wildman–Crippen MR) is 159 cm³/mol. The van der Waals surface area contributed by atoms with E-state index in [1.165, 1.54) is 21.9 Å². The first-order chi connectivity index (χ1) is 19.3. The maximum atomic E-state index is 4.88. The van der Waals surface area contributed by atoms with Crippen molar-refractivity contribution in [2.24, 2.45) is 4.99 Å². The summed E-state index contributed by atoms with van der Waals surface area (Å²) < 4.78 is 0. The molecule has 0 N–H and O–H groups in total. The summed E-state index contributed by atoms with van der Waals surface area (Å²) in [5, 5.41) is 2.43. The number of hydrogen-bond donors (Lipinski definition) is 0. The van der Waals surface area contributed by atoms with Crippen LogP contribution in [0.1, 0.15) is 11.6 Å². The van der Waals surface area contributed by atoms with Crippen molar-refractivity contribution in [1.29, 1.82) is 0 Å². The fourth-order valence-corrected chi connectivity index (χ4v) is 5.11. The molecule has 184 valence electrons. The molecular weight excluding hydrogens is 476 g/mol. The van der Waals surface area contributed by atoms with Crippen molar-refractivity contribution in [3.63, 3.8) is 0 Å². The van der Waals surface area contributed by atoms with Gasteiger partial charge >= 0.3 is 0 Å². The molecule has 1 aliphatic heterocycles. The Bertz CT molecular complexity index is 1770. The molecule has 0 aliphatic carbocycles. The molecule has 0 spiro atoms. The van der Waals surface area contributed by atoms with Crippen LogP contribution < -0.4 is 0 Å². The molecule has 1 atom stereocenters. The van der Waals surface area contributed by atoms with Gasteiger partial charge in [0.25, 0.3) is 0 Å². The van der Waals surface area contributed by atoms with Crippen LogP contribution in [0.5, 0.6) is 0 Å². The molecule has 1 unspecified atom stereocenters. The molecule has 4 heteroatoms. The van der Waals surface area contributed by atoms with Gasteiger partial charge in [0.05, 0.1) is 6.04 Å². The van der Waals surface area contributed by atoms with Crippen LogP contribution in [-0.2, 0) is 0 Å². The Labute approximate surface area is 227 Å². The van der Waals surface area contributed by atoms with E-state index >= 15 is 0 Å². The number of aromatic nitrogens is 3. The largest absolute Gasteiger partial charge is 0.281 e. The highest BCUT2D eigenvalue weighted by Crippen LogP contribution is 2.38. The highest BCUT2D eigenvalue weighted by Gasteiger charge is 2.18. The van der Waals surface area contributed by atoms with E-state index in [0.717, 1.165) is 22.3 Å². The Balaban J connectivity index is 1.35. The highest BCUT2D eigenvalue weighted by molar-refractivity contribution is 5.99. The Kier molecular flexibility index (Phi) is 5.83. The summed E-state index contributed by atoms with van der Waals surface area (Å²) in [6.07, 6.45) is 6.04. The number of allylic oxidation sites excluding steroid dienone is 1. The first-order valence-electron chi connectivity index (χ1n) is 13.0. The van der Waals surface area contributed by atoms with Gasteiger partial charge in [-0.05, 0) is 33.5 Å². The van der Waals surface area contributed by atoms with E-state index in [2.05, 4.69) is 71.7 Å². The van der Waals surface area contributed by atoms with Gasteiger partial charge in [-0.25, -0.2) is 15.0 Å². The van der Waals surface area contributed by atoms with Gasteiger partial charge in [-0.2, -0.15) is 0 Å². The zero-order valence-electron chi connectivity index (χ0n) is 21.1. The van der Waals surface area contributed by atoms with Crippen molar-refractivity contribution in [3.05, 3.63) is 139 Å². The topological polar surface area (TPSA) is 51.0 Å². The van der Waals surface area contributed by atoms with Crippen LogP contribution in [-0.4, -0.2) is 21.2 Å². The van der Waals surface area contributed by atoms with Gasteiger partial charge < -0.3 is 0 Å². The van der Waals surface area contributed by atoms with E-state index in [1.807, 2.05) is 73.0 Å². The molecule has 0 saturated heterocycles. The van der Waals surface area contributed by atoms with Crippen molar-refractivity contribution >= 4 is 17.0 Å². The van der Waals surface area contributed by atoms with Crippen LogP contribution in [0.2, 0.25) is 0 Å². The fourth-order valence-electron chi connectivity index (χ4n) is 5.11. The van der Waals surface area contributed by atoms with Crippen molar-refractivity contribution in [2.75, 3.05) is 0 Å². The van der Waals surface area contributed by atoms with Crippen LogP contribution in [0.25, 0.3) is 56.1 Å². The molecule has 1 aliphatic rings. The van der Waals surface area contributed by atoms with Crippen LogP contribution in [0.3, 0.4) is 0 Å².